The maximum absolute atomic E-state index is 10.9. The maximum Gasteiger partial charge on any atom is 0.145 e. The lowest BCUT2D eigenvalue weighted by Crippen LogP contribution is -1.99. The van der Waals surface area contributed by atoms with Gasteiger partial charge in [0.25, 0.3) is 0 Å². The zero-order valence-electron chi connectivity index (χ0n) is 25.6. The summed E-state index contributed by atoms with van der Waals surface area (Å²) in [5.74, 6) is 0.201. The summed E-state index contributed by atoms with van der Waals surface area (Å²) in [4.78, 5) is 10.1. The number of benzene rings is 5. The summed E-state index contributed by atoms with van der Waals surface area (Å²) in [5.41, 5.74) is 13.1. The smallest absolute Gasteiger partial charge is 0.145 e. The molecule has 0 aliphatic rings. The SMILES string of the molecule is Cc1cccc(C)c1-c1cc(-c2cc(-c3ccccc3)cc(-c3ccccc3O)n2)cc(-n2c3ccccc3c3cccnc32)c1. The minimum absolute atomic E-state index is 0.201. The van der Waals surface area contributed by atoms with Gasteiger partial charge < -0.3 is 5.11 Å². The summed E-state index contributed by atoms with van der Waals surface area (Å²) in [6, 6.07) is 47.7. The average Bonchev–Trinajstić information content (AvgIpc) is 3.43. The molecule has 0 aliphatic carbocycles. The van der Waals surface area contributed by atoms with Crippen molar-refractivity contribution in [3.05, 3.63) is 157 Å². The highest BCUT2D eigenvalue weighted by atomic mass is 16.3. The molecule has 3 aromatic heterocycles. The number of hydrogen-bond donors (Lipinski definition) is 1. The molecule has 0 atom stereocenters. The summed E-state index contributed by atoms with van der Waals surface area (Å²) in [7, 11) is 0. The van der Waals surface area contributed by atoms with Gasteiger partial charge in [0.15, 0.2) is 0 Å². The molecule has 8 rings (SSSR count). The zero-order chi connectivity index (χ0) is 31.2. The van der Waals surface area contributed by atoms with Crippen LogP contribution in [0.4, 0.5) is 0 Å². The molecule has 0 saturated heterocycles. The van der Waals surface area contributed by atoms with E-state index in [4.69, 9.17) is 9.97 Å². The van der Waals surface area contributed by atoms with Crippen LogP contribution in [0.5, 0.6) is 5.75 Å². The highest BCUT2D eigenvalue weighted by Gasteiger charge is 2.18. The second kappa shape index (κ2) is 11.2. The largest absolute Gasteiger partial charge is 0.507 e. The lowest BCUT2D eigenvalue weighted by molar-refractivity contribution is 0.477. The first-order valence-corrected chi connectivity index (χ1v) is 15.5. The van der Waals surface area contributed by atoms with E-state index in [1.807, 2.05) is 48.7 Å². The van der Waals surface area contributed by atoms with Gasteiger partial charge in [-0.05, 0) is 108 Å². The summed E-state index contributed by atoms with van der Waals surface area (Å²) >= 11 is 0. The molecule has 46 heavy (non-hydrogen) atoms. The van der Waals surface area contributed by atoms with Crippen LogP contribution in [0.3, 0.4) is 0 Å². The van der Waals surface area contributed by atoms with Gasteiger partial charge in [-0.15, -0.1) is 0 Å². The zero-order valence-corrected chi connectivity index (χ0v) is 25.6. The van der Waals surface area contributed by atoms with Crippen molar-refractivity contribution in [1.29, 1.82) is 0 Å². The Morgan fingerprint density at radius 2 is 1.24 bits per heavy atom. The lowest BCUT2D eigenvalue weighted by Gasteiger charge is -2.17. The standard InChI is InChI=1S/C42H31N3O/c1-27-12-10-13-28(2)41(27)32-22-31(23-33(24-32)45-39-19-8-6-16-34(39)35-18-11-21-43-42(35)45)37-25-30(29-14-4-3-5-15-29)26-38(44-37)36-17-7-9-20-40(36)46/h3-26,46H,1-2H3. The number of aromatic hydroxyl groups is 1. The predicted octanol–water partition coefficient (Wildman–Crippen LogP) is 10.6. The minimum atomic E-state index is 0.201. The Morgan fingerprint density at radius 3 is 2.07 bits per heavy atom. The number of aromatic nitrogens is 3. The first kappa shape index (κ1) is 27.5. The van der Waals surface area contributed by atoms with Gasteiger partial charge >= 0.3 is 0 Å². The average molecular weight is 594 g/mol. The van der Waals surface area contributed by atoms with Crippen LogP contribution in [0, 0.1) is 13.8 Å². The van der Waals surface area contributed by atoms with Crippen molar-refractivity contribution in [3.8, 4) is 56.2 Å². The number of pyridine rings is 2. The molecule has 8 aromatic rings. The van der Waals surface area contributed by atoms with Gasteiger partial charge in [0.1, 0.15) is 11.4 Å². The molecule has 0 unspecified atom stereocenters. The Kier molecular flexibility index (Phi) is 6.69. The van der Waals surface area contributed by atoms with Crippen LogP contribution in [0.25, 0.3) is 72.4 Å². The van der Waals surface area contributed by atoms with E-state index < -0.39 is 0 Å². The van der Waals surface area contributed by atoms with Crippen molar-refractivity contribution < 1.29 is 5.11 Å². The quantitative estimate of drug-likeness (QED) is 0.216. The summed E-state index contributed by atoms with van der Waals surface area (Å²) in [6.45, 7) is 4.34. The summed E-state index contributed by atoms with van der Waals surface area (Å²) in [6.07, 6.45) is 1.86. The number of hydrogen-bond acceptors (Lipinski definition) is 3. The van der Waals surface area contributed by atoms with E-state index in [0.717, 1.165) is 55.6 Å². The van der Waals surface area contributed by atoms with E-state index in [0.29, 0.717) is 11.3 Å². The Labute approximate surface area is 267 Å². The predicted molar refractivity (Wildman–Crippen MR) is 189 cm³/mol. The topological polar surface area (TPSA) is 50.9 Å². The Hall–Kier alpha value is -6.00. The first-order chi connectivity index (χ1) is 22.5. The van der Waals surface area contributed by atoms with E-state index in [2.05, 4.69) is 109 Å². The molecule has 220 valence electrons. The number of nitrogens with zero attached hydrogens (tertiary/aromatic N) is 3. The highest BCUT2D eigenvalue weighted by Crippen LogP contribution is 2.39. The molecule has 0 spiro atoms. The fourth-order valence-electron chi connectivity index (χ4n) is 6.66. The number of phenols is 1. The van der Waals surface area contributed by atoms with Crippen LogP contribution >= 0.6 is 0 Å². The third kappa shape index (κ3) is 4.72. The van der Waals surface area contributed by atoms with E-state index in [-0.39, 0.29) is 5.75 Å². The van der Waals surface area contributed by atoms with Crippen molar-refractivity contribution in [2.45, 2.75) is 13.8 Å². The van der Waals surface area contributed by atoms with E-state index in [9.17, 15) is 5.11 Å². The third-order valence-electron chi connectivity index (χ3n) is 8.79. The van der Waals surface area contributed by atoms with Crippen molar-refractivity contribution in [2.24, 2.45) is 0 Å². The van der Waals surface area contributed by atoms with Crippen LogP contribution in [-0.4, -0.2) is 19.6 Å². The van der Waals surface area contributed by atoms with Crippen LogP contribution in [0.15, 0.2) is 146 Å². The Bertz CT molecular complexity index is 2330. The monoisotopic (exact) mass is 593 g/mol. The molecule has 5 aromatic carbocycles. The second-order valence-electron chi connectivity index (χ2n) is 11.8. The molecule has 0 radical (unpaired) electrons. The summed E-state index contributed by atoms with van der Waals surface area (Å²) in [5, 5.41) is 13.1. The van der Waals surface area contributed by atoms with Gasteiger partial charge in [-0.1, -0.05) is 78.9 Å². The number of phenolic OH excluding ortho intramolecular Hbond substituents is 1. The van der Waals surface area contributed by atoms with Gasteiger partial charge in [-0.2, -0.15) is 0 Å². The number of fused-ring (bicyclic) bond motifs is 3. The van der Waals surface area contributed by atoms with Crippen molar-refractivity contribution in [1.82, 2.24) is 14.5 Å². The van der Waals surface area contributed by atoms with Crippen molar-refractivity contribution in [3.63, 3.8) is 0 Å². The van der Waals surface area contributed by atoms with Crippen LogP contribution < -0.4 is 0 Å². The van der Waals surface area contributed by atoms with Gasteiger partial charge in [0.05, 0.1) is 16.9 Å². The molecule has 4 nitrogen and oxygen atoms in total. The number of aryl methyl sites for hydroxylation is 2. The highest BCUT2D eigenvalue weighted by molar-refractivity contribution is 6.08. The number of para-hydroxylation sites is 2. The fourth-order valence-corrected chi connectivity index (χ4v) is 6.66. The second-order valence-corrected chi connectivity index (χ2v) is 11.8. The molecule has 0 saturated carbocycles. The maximum atomic E-state index is 10.9. The van der Waals surface area contributed by atoms with Crippen LogP contribution in [-0.2, 0) is 0 Å². The van der Waals surface area contributed by atoms with Gasteiger partial charge in [-0.3, -0.25) is 4.57 Å². The molecule has 0 aliphatic heterocycles. The first-order valence-electron chi connectivity index (χ1n) is 15.5. The van der Waals surface area contributed by atoms with E-state index in [1.165, 1.54) is 16.7 Å². The minimum Gasteiger partial charge on any atom is -0.507 e. The molecule has 3 heterocycles. The molecule has 1 N–H and O–H groups in total. The third-order valence-corrected chi connectivity index (χ3v) is 8.79. The van der Waals surface area contributed by atoms with E-state index >= 15 is 0 Å². The van der Waals surface area contributed by atoms with Gasteiger partial charge in [0, 0.05) is 33.8 Å². The number of rotatable bonds is 5. The molecule has 0 amide bonds. The molecular weight excluding hydrogens is 562 g/mol. The Balaban J connectivity index is 1.45. The van der Waals surface area contributed by atoms with Gasteiger partial charge in [-0.25, -0.2) is 9.97 Å². The van der Waals surface area contributed by atoms with E-state index in [1.54, 1.807) is 6.07 Å². The molecular formula is C42H31N3O. The van der Waals surface area contributed by atoms with Crippen molar-refractivity contribution in [2.75, 3.05) is 0 Å². The molecule has 0 fully saturated rings. The fraction of sp³-hybridized carbons (Fsp3) is 0.0476. The normalized spacial score (nSPS) is 11.3. The molecule has 0 bridgehead atoms. The summed E-state index contributed by atoms with van der Waals surface area (Å²) < 4.78 is 2.26. The lowest BCUT2D eigenvalue weighted by atomic mass is 9.92. The van der Waals surface area contributed by atoms with Crippen molar-refractivity contribution >= 4 is 21.9 Å². The van der Waals surface area contributed by atoms with Crippen LogP contribution in [0.2, 0.25) is 0 Å². The Morgan fingerprint density at radius 1 is 0.543 bits per heavy atom. The van der Waals surface area contributed by atoms with Crippen LogP contribution in [0.1, 0.15) is 11.1 Å². The molecule has 4 heteroatoms. The van der Waals surface area contributed by atoms with Gasteiger partial charge in [0.2, 0.25) is 0 Å².